The fourth-order valence-electron chi connectivity index (χ4n) is 2.51. The van der Waals surface area contributed by atoms with Gasteiger partial charge in [0.1, 0.15) is 5.82 Å². The first-order chi connectivity index (χ1) is 9.20. The van der Waals surface area contributed by atoms with Crippen LogP contribution in [0.4, 0.5) is 4.39 Å². The van der Waals surface area contributed by atoms with Gasteiger partial charge in [-0.15, -0.1) is 0 Å². The summed E-state index contributed by atoms with van der Waals surface area (Å²) in [6.45, 7) is 3.94. The summed E-state index contributed by atoms with van der Waals surface area (Å²) in [5.74, 6) is -0.347. The number of hydrogen-bond donors (Lipinski definition) is 1. The molecule has 2 unspecified atom stereocenters. The molecule has 1 aliphatic heterocycles. The fourth-order valence-corrected chi connectivity index (χ4v) is 2.62. The van der Waals surface area contributed by atoms with E-state index in [1.807, 2.05) is 6.07 Å². The largest absolute Gasteiger partial charge is 0.377 e. The summed E-state index contributed by atoms with van der Waals surface area (Å²) in [6.07, 6.45) is 4.29. The van der Waals surface area contributed by atoms with Crippen LogP contribution in [0.2, 0.25) is 5.02 Å². The summed E-state index contributed by atoms with van der Waals surface area (Å²) in [4.78, 5) is 0. The van der Waals surface area contributed by atoms with Crippen LogP contribution in [0.25, 0.3) is 0 Å². The molecule has 1 aromatic carbocycles. The monoisotopic (exact) mass is 285 g/mol. The molecule has 2 nitrogen and oxygen atoms in total. The SMILES string of the molecule is CCCNC(Cc1ccc(Cl)c(F)c1)C1CCCO1. The predicted molar refractivity (Wildman–Crippen MR) is 76.2 cm³/mol. The van der Waals surface area contributed by atoms with Crippen LogP contribution < -0.4 is 5.32 Å². The van der Waals surface area contributed by atoms with Crippen molar-refractivity contribution >= 4 is 11.6 Å². The first kappa shape index (κ1) is 14.8. The van der Waals surface area contributed by atoms with E-state index >= 15 is 0 Å². The molecule has 1 N–H and O–H groups in total. The van der Waals surface area contributed by atoms with Crippen LogP contribution in [-0.2, 0) is 11.2 Å². The summed E-state index contributed by atoms with van der Waals surface area (Å²) in [6, 6.07) is 5.29. The van der Waals surface area contributed by atoms with Crippen molar-refractivity contribution in [3.8, 4) is 0 Å². The second kappa shape index (κ2) is 7.22. The van der Waals surface area contributed by atoms with Gasteiger partial charge in [0.25, 0.3) is 0 Å². The van der Waals surface area contributed by atoms with Crippen LogP contribution in [0.3, 0.4) is 0 Å². The third-order valence-corrected chi connectivity index (χ3v) is 3.82. The number of hydrogen-bond acceptors (Lipinski definition) is 2. The van der Waals surface area contributed by atoms with Gasteiger partial charge in [-0.3, -0.25) is 0 Å². The highest BCUT2D eigenvalue weighted by molar-refractivity contribution is 6.30. The molecule has 2 atom stereocenters. The highest BCUT2D eigenvalue weighted by Crippen LogP contribution is 2.21. The smallest absolute Gasteiger partial charge is 0.142 e. The maximum Gasteiger partial charge on any atom is 0.142 e. The first-order valence-electron chi connectivity index (χ1n) is 6.99. The second-order valence-corrected chi connectivity index (χ2v) is 5.47. The Bertz CT molecular complexity index is 407. The standard InChI is InChI=1S/C15H21ClFNO/c1-2-7-18-14(15-4-3-8-19-15)10-11-5-6-12(16)13(17)9-11/h5-6,9,14-15,18H,2-4,7-8,10H2,1H3. The number of rotatable bonds is 6. The van der Waals surface area contributed by atoms with E-state index in [9.17, 15) is 4.39 Å². The van der Waals surface area contributed by atoms with Crippen molar-refractivity contribution in [1.82, 2.24) is 5.32 Å². The number of nitrogens with one attached hydrogen (secondary N) is 1. The molecule has 4 heteroatoms. The molecule has 1 heterocycles. The maximum atomic E-state index is 13.5. The minimum Gasteiger partial charge on any atom is -0.377 e. The van der Waals surface area contributed by atoms with Gasteiger partial charge in [0.05, 0.1) is 11.1 Å². The Morgan fingerprint density at radius 2 is 2.37 bits per heavy atom. The Kier molecular flexibility index (Phi) is 5.61. The van der Waals surface area contributed by atoms with Crippen molar-refractivity contribution in [3.63, 3.8) is 0 Å². The second-order valence-electron chi connectivity index (χ2n) is 5.06. The molecule has 0 amide bonds. The molecule has 0 saturated carbocycles. The molecule has 19 heavy (non-hydrogen) atoms. The summed E-state index contributed by atoms with van der Waals surface area (Å²) in [7, 11) is 0. The van der Waals surface area contributed by atoms with Crippen molar-refractivity contribution in [2.45, 2.75) is 44.8 Å². The normalized spacial score (nSPS) is 20.7. The van der Waals surface area contributed by atoms with Gasteiger partial charge in [0.15, 0.2) is 0 Å². The van der Waals surface area contributed by atoms with Crippen LogP contribution in [0.5, 0.6) is 0 Å². The van der Waals surface area contributed by atoms with Crippen LogP contribution >= 0.6 is 11.6 Å². The molecule has 0 aliphatic carbocycles. The van der Waals surface area contributed by atoms with E-state index in [2.05, 4.69) is 12.2 Å². The molecule has 1 saturated heterocycles. The molecule has 0 spiro atoms. The van der Waals surface area contributed by atoms with Crippen molar-refractivity contribution < 1.29 is 9.13 Å². The number of benzene rings is 1. The van der Waals surface area contributed by atoms with Crippen LogP contribution in [0, 0.1) is 5.82 Å². The zero-order valence-electron chi connectivity index (χ0n) is 11.3. The predicted octanol–water partition coefficient (Wildman–Crippen LogP) is 3.57. The van der Waals surface area contributed by atoms with Crippen molar-refractivity contribution in [2.75, 3.05) is 13.2 Å². The van der Waals surface area contributed by atoms with Crippen molar-refractivity contribution in [1.29, 1.82) is 0 Å². The summed E-state index contributed by atoms with van der Waals surface area (Å²) in [5.41, 5.74) is 0.964. The molecule has 1 aromatic rings. The van der Waals surface area contributed by atoms with Gasteiger partial charge in [0, 0.05) is 12.6 Å². The lowest BCUT2D eigenvalue weighted by Crippen LogP contribution is -2.41. The average Bonchev–Trinajstić information content (AvgIpc) is 2.92. The Balaban J connectivity index is 2.03. The average molecular weight is 286 g/mol. The van der Waals surface area contributed by atoms with E-state index in [1.165, 1.54) is 6.07 Å². The Morgan fingerprint density at radius 1 is 1.53 bits per heavy atom. The molecule has 106 valence electrons. The highest BCUT2D eigenvalue weighted by Gasteiger charge is 2.25. The Morgan fingerprint density at radius 3 is 3.00 bits per heavy atom. The number of halogens is 2. The van der Waals surface area contributed by atoms with Gasteiger partial charge in [-0.1, -0.05) is 24.6 Å². The molecule has 0 bridgehead atoms. The summed E-state index contributed by atoms with van der Waals surface area (Å²) >= 11 is 5.71. The molecule has 0 radical (unpaired) electrons. The van der Waals surface area contributed by atoms with Gasteiger partial charge in [0.2, 0.25) is 0 Å². The third kappa shape index (κ3) is 4.16. The lowest BCUT2D eigenvalue weighted by Gasteiger charge is -2.24. The van der Waals surface area contributed by atoms with Gasteiger partial charge >= 0.3 is 0 Å². The zero-order valence-corrected chi connectivity index (χ0v) is 12.0. The van der Waals surface area contributed by atoms with Gasteiger partial charge in [-0.25, -0.2) is 4.39 Å². The molecule has 1 aliphatic rings. The molecule has 2 rings (SSSR count). The first-order valence-corrected chi connectivity index (χ1v) is 7.37. The van der Waals surface area contributed by atoms with Crippen molar-refractivity contribution in [3.05, 3.63) is 34.6 Å². The molecular formula is C15H21ClFNO. The topological polar surface area (TPSA) is 21.3 Å². The van der Waals surface area contributed by atoms with Crippen LogP contribution in [-0.4, -0.2) is 25.3 Å². The fraction of sp³-hybridized carbons (Fsp3) is 0.600. The zero-order chi connectivity index (χ0) is 13.7. The van der Waals surface area contributed by atoms with Gasteiger partial charge < -0.3 is 10.1 Å². The number of ether oxygens (including phenoxy) is 1. The van der Waals surface area contributed by atoms with E-state index in [4.69, 9.17) is 16.3 Å². The highest BCUT2D eigenvalue weighted by atomic mass is 35.5. The van der Waals surface area contributed by atoms with Gasteiger partial charge in [-0.05, 0) is 49.9 Å². The van der Waals surface area contributed by atoms with Crippen LogP contribution in [0.15, 0.2) is 18.2 Å². The molecule has 0 aromatic heterocycles. The van der Waals surface area contributed by atoms with E-state index in [1.54, 1.807) is 6.07 Å². The minimum absolute atomic E-state index is 0.180. The Hall–Kier alpha value is -0.640. The lowest BCUT2D eigenvalue weighted by molar-refractivity contribution is 0.0784. The van der Waals surface area contributed by atoms with E-state index in [0.717, 1.165) is 44.4 Å². The summed E-state index contributed by atoms with van der Waals surface area (Å²) in [5, 5.41) is 3.69. The quantitative estimate of drug-likeness (QED) is 0.863. The van der Waals surface area contributed by atoms with E-state index in [-0.39, 0.29) is 23.0 Å². The van der Waals surface area contributed by atoms with Crippen LogP contribution in [0.1, 0.15) is 31.7 Å². The van der Waals surface area contributed by atoms with Crippen molar-refractivity contribution in [2.24, 2.45) is 0 Å². The summed E-state index contributed by atoms with van der Waals surface area (Å²) < 4.78 is 19.2. The minimum atomic E-state index is -0.347. The molecular weight excluding hydrogens is 265 g/mol. The maximum absolute atomic E-state index is 13.5. The van der Waals surface area contributed by atoms with Gasteiger partial charge in [-0.2, -0.15) is 0 Å². The lowest BCUT2D eigenvalue weighted by atomic mass is 9.99. The van der Waals surface area contributed by atoms with E-state index in [0.29, 0.717) is 0 Å². The third-order valence-electron chi connectivity index (χ3n) is 3.51. The molecule has 1 fully saturated rings. The Labute approximate surface area is 119 Å². The van der Waals surface area contributed by atoms with E-state index < -0.39 is 0 Å².